The maximum absolute atomic E-state index is 11.3. The van der Waals surface area contributed by atoms with E-state index in [1.165, 1.54) is 0 Å². The number of aliphatic hydroxyl groups is 1. The van der Waals surface area contributed by atoms with Crippen LogP contribution < -0.4 is 5.32 Å². The molecule has 0 radical (unpaired) electrons. The van der Waals surface area contributed by atoms with Gasteiger partial charge in [0, 0.05) is 24.0 Å². The van der Waals surface area contributed by atoms with Crippen LogP contribution in [0.2, 0.25) is 0 Å². The first-order valence-electron chi connectivity index (χ1n) is 7.26. The Balaban J connectivity index is 1.79. The molecule has 0 aliphatic heterocycles. The summed E-state index contributed by atoms with van der Waals surface area (Å²) in [5, 5.41) is 23.6. The molecule has 1 aliphatic carbocycles. The molecule has 0 bridgehead atoms. The van der Waals surface area contributed by atoms with Crippen molar-refractivity contribution in [3.8, 4) is 0 Å². The number of hydrogen-bond donors (Lipinski definition) is 3. The molecule has 0 atom stereocenters. The Bertz CT molecular complexity index is 655. The summed E-state index contributed by atoms with van der Waals surface area (Å²) >= 11 is 0. The SMILES string of the molecule is O=C(O)c1oc2ccccc2c1CNCC1(O)CCCC1. The van der Waals surface area contributed by atoms with Gasteiger partial charge in [-0.1, -0.05) is 31.0 Å². The third-order valence-electron chi connectivity index (χ3n) is 4.18. The van der Waals surface area contributed by atoms with Gasteiger partial charge in [0.1, 0.15) is 5.58 Å². The van der Waals surface area contributed by atoms with Crippen molar-refractivity contribution in [2.45, 2.75) is 37.8 Å². The van der Waals surface area contributed by atoms with Crippen LogP contribution in [0.25, 0.3) is 11.0 Å². The van der Waals surface area contributed by atoms with Crippen LogP contribution in [0.3, 0.4) is 0 Å². The van der Waals surface area contributed by atoms with Crippen molar-refractivity contribution in [3.05, 3.63) is 35.6 Å². The molecule has 0 amide bonds. The minimum Gasteiger partial charge on any atom is -0.475 e. The van der Waals surface area contributed by atoms with Gasteiger partial charge in [0.25, 0.3) is 0 Å². The summed E-state index contributed by atoms with van der Waals surface area (Å²) in [6, 6.07) is 7.29. The molecule has 1 fully saturated rings. The Hall–Kier alpha value is -1.85. The highest BCUT2D eigenvalue weighted by atomic mass is 16.4. The molecule has 1 aromatic carbocycles. The molecule has 112 valence electrons. The highest BCUT2D eigenvalue weighted by Gasteiger charge is 2.30. The van der Waals surface area contributed by atoms with E-state index in [9.17, 15) is 15.0 Å². The number of hydrogen-bond acceptors (Lipinski definition) is 4. The zero-order chi connectivity index (χ0) is 14.9. The van der Waals surface area contributed by atoms with E-state index in [0.29, 0.717) is 24.2 Å². The fourth-order valence-corrected chi connectivity index (χ4v) is 3.08. The van der Waals surface area contributed by atoms with E-state index in [-0.39, 0.29) is 5.76 Å². The molecule has 1 aromatic heterocycles. The Morgan fingerprint density at radius 2 is 2.00 bits per heavy atom. The molecule has 3 N–H and O–H groups in total. The Morgan fingerprint density at radius 1 is 1.29 bits per heavy atom. The minimum absolute atomic E-state index is 0.0258. The normalized spacial score (nSPS) is 17.4. The van der Waals surface area contributed by atoms with Gasteiger partial charge in [0.2, 0.25) is 5.76 Å². The molecule has 0 spiro atoms. The molecule has 1 aliphatic rings. The summed E-state index contributed by atoms with van der Waals surface area (Å²) in [5.74, 6) is -1.09. The van der Waals surface area contributed by atoms with E-state index in [4.69, 9.17) is 4.42 Å². The molecular formula is C16H19NO4. The van der Waals surface area contributed by atoms with Crippen LogP contribution in [0.4, 0.5) is 0 Å². The van der Waals surface area contributed by atoms with Crippen molar-refractivity contribution in [1.29, 1.82) is 0 Å². The van der Waals surface area contributed by atoms with Crippen LogP contribution in [0.1, 0.15) is 41.8 Å². The van der Waals surface area contributed by atoms with Crippen molar-refractivity contribution in [1.82, 2.24) is 5.32 Å². The molecule has 5 nitrogen and oxygen atoms in total. The molecular weight excluding hydrogens is 270 g/mol. The Morgan fingerprint density at radius 3 is 2.71 bits per heavy atom. The zero-order valence-electron chi connectivity index (χ0n) is 11.8. The second-order valence-corrected chi connectivity index (χ2v) is 5.75. The van der Waals surface area contributed by atoms with Gasteiger partial charge in [0.05, 0.1) is 5.60 Å². The largest absolute Gasteiger partial charge is 0.475 e. The lowest BCUT2D eigenvalue weighted by molar-refractivity contribution is 0.0474. The first kappa shape index (κ1) is 14.1. The molecule has 21 heavy (non-hydrogen) atoms. The van der Waals surface area contributed by atoms with E-state index in [1.54, 1.807) is 6.07 Å². The second-order valence-electron chi connectivity index (χ2n) is 5.75. The van der Waals surface area contributed by atoms with Crippen molar-refractivity contribution in [3.63, 3.8) is 0 Å². The number of furan rings is 1. The lowest BCUT2D eigenvalue weighted by Gasteiger charge is -2.22. The lowest BCUT2D eigenvalue weighted by atomic mass is 10.0. The standard InChI is InChI=1S/C16H19NO4/c18-15(19)14-12(11-5-1-2-6-13(11)21-14)9-17-10-16(20)7-3-4-8-16/h1-2,5-6,17,20H,3-4,7-10H2,(H,18,19). The van der Waals surface area contributed by atoms with Crippen LogP contribution in [0.15, 0.2) is 28.7 Å². The molecule has 1 heterocycles. The maximum Gasteiger partial charge on any atom is 0.372 e. The van der Waals surface area contributed by atoms with Crippen molar-refractivity contribution in [2.75, 3.05) is 6.54 Å². The summed E-state index contributed by atoms with van der Waals surface area (Å²) in [4.78, 5) is 11.3. The van der Waals surface area contributed by atoms with Gasteiger partial charge in [-0.05, 0) is 18.9 Å². The highest BCUT2D eigenvalue weighted by Crippen LogP contribution is 2.29. The van der Waals surface area contributed by atoms with E-state index in [0.717, 1.165) is 31.1 Å². The van der Waals surface area contributed by atoms with Crippen molar-refractivity contribution < 1.29 is 19.4 Å². The van der Waals surface area contributed by atoms with Crippen LogP contribution in [-0.4, -0.2) is 28.3 Å². The quantitative estimate of drug-likeness (QED) is 0.788. The first-order valence-corrected chi connectivity index (χ1v) is 7.26. The third kappa shape index (κ3) is 2.80. The van der Waals surface area contributed by atoms with Crippen LogP contribution in [0.5, 0.6) is 0 Å². The summed E-state index contributed by atoms with van der Waals surface area (Å²) in [5.41, 5.74) is 0.564. The number of aromatic carboxylic acids is 1. The van der Waals surface area contributed by atoms with Crippen LogP contribution >= 0.6 is 0 Å². The Kier molecular flexibility index (Phi) is 3.69. The Labute approximate surface area is 122 Å². The molecule has 3 rings (SSSR count). The van der Waals surface area contributed by atoms with Crippen LogP contribution in [-0.2, 0) is 6.54 Å². The van der Waals surface area contributed by atoms with Gasteiger partial charge < -0.3 is 19.9 Å². The average Bonchev–Trinajstić information content (AvgIpc) is 3.04. The third-order valence-corrected chi connectivity index (χ3v) is 4.18. The fraction of sp³-hybridized carbons (Fsp3) is 0.438. The van der Waals surface area contributed by atoms with Gasteiger partial charge in [-0.25, -0.2) is 4.79 Å². The number of benzene rings is 1. The summed E-state index contributed by atoms with van der Waals surface area (Å²) in [6.45, 7) is 0.854. The van der Waals surface area contributed by atoms with Gasteiger partial charge in [-0.2, -0.15) is 0 Å². The number of nitrogens with one attached hydrogen (secondary N) is 1. The maximum atomic E-state index is 11.3. The van der Waals surface area contributed by atoms with E-state index in [1.807, 2.05) is 18.2 Å². The zero-order valence-corrected chi connectivity index (χ0v) is 11.8. The predicted octanol–water partition coefficient (Wildman–Crippen LogP) is 2.53. The fourth-order valence-electron chi connectivity index (χ4n) is 3.08. The number of rotatable bonds is 5. The minimum atomic E-state index is -1.07. The van der Waals surface area contributed by atoms with Gasteiger partial charge in [0.15, 0.2) is 0 Å². The average molecular weight is 289 g/mol. The number of fused-ring (bicyclic) bond motifs is 1. The molecule has 1 saturated carbocycles. The first-order chi connectivity index (χ1) is 10.1. The second kappa shape index (κ2) is 5.50. The number of carbonyl (C=O) groups is 1. The summed E-state index contributed by atoms with van der Waals surface area (Å²) in [6.07, 6.45) is 3.70. The van der Waals surface area contributed by atoms with E-state index in [2.05, 4.69) is 5.32 Å². The van der Waals surface area contributed by atoms with E-state index < -0.39 is 11.6 Å². The molecule has 2 aromatic rings. The van der Waals surface area contributed by atoms with Crippen molar-refractivity contribution >= 4 is 16.9 Å². The molecule has 5 heteroatoms. The number of para-hydroxylation sites is 1. The highest BCUT2D eigenvalue weighted by molar-refractivity contribution is 5.95. The monoisotopic (exact) mass is 289 g/mol. The van der Waals surface area contributed by atoms with Gasteiger partial charge in [-0.15, -0.1) is 0 Å². The topological polar surface area (TPSA) is 82.7 Å². The summed E-state index contributed by atoms with van der Waals surface area (Å²) < 4.78 is 5.41. The van der Waals surface area contributed by atoms with E-state index >= 15 is 0 Å². The number of carboxylic acid groups (broad SMARTS) is 1. The smallest absolute Gasteiger partial charge is 0.372 e. The van der Waals surface area contributed by atoms with Gasteiger partial charge >= 0.3 is 5.97 Å². The number of carboxylic acids is 1. The van der Waals surface area contributed by atoms with Crippen molar-refractivity contribution in [2.24, 2.45) is 0 Å². The summed E-state index contributed by atoms with van der Waals surface area (Å²) in [7, 11) is 0. The molecule has 0 saturated heterocycles. The lowest BCUT2D eigenvalue weighted by Crippen LogP contribution is -2.37. The van der Waals surface area contributed by atoms with Crippen LogP contribution in [0, 0.1) is 0 Å². The van der Waals surface area contributed by atoms with Gasteiger partial charge in [-0.3, -0.25) is 0 Å². The predicted molar refractivity (Wildman–Crippen MR) is 78.3 cm³/mol. The molecule has 0 unspecified atom stereocenters.